The van der Waals surface area contributed by atoms with Crippen molar-refractivity contribution >= 4 is 22.4 Å². The number of anilines is 1. The van der Waals surface area contributed by atoms with Crippen LogP contribution in [0.1, 0.15) is 38.2 Å². The van der Waals surface area contributed by atoms with Crippen molar-refractivity contribution in [3.63, 3.8) is 0 Å². The van der Waals surface area contributed by atoms with Crippen LogP contribution in [-0.4, -0.2) is 42.1 Å². The number of rotatable bonds is 4. The molecule has 1 saturated heterocycles. The number of alkyl halides is 3. The molecule has 2 heterocycles. The van der Waals surface area contributed by atoms with E-state index in [0.717, 1.165) is 28.0 Å². The van der Waals surface area contributed by atoms with Gasteiger partial charge in [0.05, 0.1) is 24.3 Å². The number of hydrogen-bond acceptors (Lipinski definition) is 4. The Labute approximate surface area is 224 Å². The maximum atomic E-state index is 13.9. The Hall–Kier alpha value is -4.19. The summed E-state index contributed by atoms with van der Waals surface area (Å²) in [6.07, 6.45) is -1.08. The van der Waals surface area contributed by atoms with Crippen molar-refractivity contribution in [1.29, 1.82) is 0 Å². The van der Waals surface area contributed by atoms with E-state index >= 15 is 0 Å². The molecule has 0 atom stereocenters. The Bertz CT molecular complexity index is 1580. The smallest absolute Gasteiger partial charge is 0.379 e. The van der Waals surface area contributed by atoms with Crippen LogP contribution in [0.4, 0.5) is 18.9 Å². The third-order valence-electron chi connectivity index (χ3n) is 6.67. The van der Waals surface area contributed by atoms with Gasteiger partial charge in [-0.15, -0.1) is 0 Å². The molecule has 1 aliphatic rings. The van der Waals surface area contributed by atoms with Gasteiger partial charge in [-0.3, -0.25) is 14.7 Å². The molecule has 5 nitrogen and oxygen atoms in total. The monoisotopic (exact) mass is 529 g/mol. The van der Waals surface area contributed by atoms with Gasteiger partial charge in [0, 0.05) is 59.6 Å². The van der Waals surface area contributed by atoms with E-state index in [2.05, 4.69) is 22.1 Å². The van der Waals surface area contributed by atoms with Crippen molar-refractivity contribution in [3.8, 4) is 11.8 Å². The minimum Gasteiger partial charge on any atom is -0.379 e. The highest BCUT2D eigenvalue weighted by atomic mass is 19.4. The Kier molecular flexibility index (Phi) is 7.64. The largest absolute Gasteiger partial charge is 0.416 e. The second kappa shape index (κ2) is 11.3. The number of morpholine rings is 1. The average molecular weight is 530 g/mol. The number of nitrogens with one attached hydrogen (secondary N) is 1. The van der Waals surface area contributed by atoms with Gasteiger partial charge in [-0.1, -0.05) is 48.2 Å². The quantitative estimate of drug-likeness (QED) is 0.327. The molecule has 1 fully saturated rings. The zero-order valence-corrected chi connectivity index (χ0v) is 21.3. The number of nitrogens with zero attached hydrogens (tertiary/aromatic N) is 2. The van der Waals surface area contributed by atoms with Gasteiger partial charge in [0.25, 0.3) is 5.91 Å². The summed E-state index contributed by atoms with van der Waals surface area (Å²) in [5, 5.41) is 4.57. The molecule has 3 aromatic carbocycles. The summed E-state index contributed by atoms with van der Waals surface area (Å²) in [6.45, 7) is 4.19. The molecule has 0 bridgehead atoms. The summed E-state index contributed by atoms with van der Waals surface area (Å²) in [7, 11) is 0. The van der Waals surface area contributed by atoms with Crippen LogP contribution in [0.2, 0.25) is 0 Å². The number of benzene rings is 3. The van der Waals surface area contributed by atoms with Gasteiger partial charge in [0.1, 0.15) is 0 Å². The summed E-state index contributed by atoms with van der Waals surface area (Å²) in [6, 6.07) is 16.8. The SMILES string of the molecule is Cc1ccc(C(=O)Nc2ccc(CN3CCOCC3)c(C(F)(F)F)c2)cc1C#Cc1cncc2ccccc12. The maximum Gasteiger partial charge on any atom is 0.416 e. The van der Waals surface area contributed by atoms with E-state index < -0.39 is 17.6 Å². The third kappa shape index (κ3) is 6.28. The van der Waals surface area contributed by atoms with E-state index in [4.69, 9.17) is 4.74 Å². The fourth-order valence-electron chi connectivity index (χ4n) is 4.51. The molecule has 0 aliphatic carbocycles. The van der Waals surface area contributed by atoms with Crippen molar-refractivity contribution in [3.05, 3.63) is 106 Å². The number of ether oxygens (including phenoxy) is 1. The minimum atomic E-state index is -4.55. The van der Waals surface area contributed by atoms with E-state index in [1.807, 2.05) is 36.1 Å². The molecule has 8 heteroatoms. The number of halogens is 3. The van der Waals surface area contributed by atoms with Crippen LogP contribution >= 0.6 is 0 Å². The molecular weight excluding hydrogens is 503 g/mol. The zero-order valence-electron chi connectivity index (χ0n) is 21.3. The van der Waals surface area contributed by atoms with Gasteiger partial charge < -0.3 is 10.1 Å². The van der Waals surface area contributed by atoms with Crippen LogP contribution in [-0.2, 0) is 17.5 Å². The lowest BCUT2D eigenvalue weighted by Gasteiger charge is -2.27. The lowest BCUT2D eigenvalue weighted by atomic mass is 10.0. The number of carbonyl (C=O) groups is 1. The predicted octanol–water partition coefficient (Wildman–Crippen LogP) is 6.05. The van der Waals surface area contributed by atoms with Crippen molar-refractivity contribution in [2.75, 3.05) is 31.6 Å². The highest BCUT2D eigenvalue weighted by molar-refractivity contribution is 6.04. The van der Waals surface area contributed by atoms with Crippen molar-refractivity contribution in [2.45, 2.75) is 19.6 Å². The van der Waals surface area contributed by atoms with E-state index in [9.17, 15) is 18.0 Å². The number of aryl methyl sites for hydroxylation is 1. The average Bonchev–Trinajstić information content (AvgIpc) is 2.93. The third-order valence-corrected chi connectivity index (χ3v) is 6.67. The van der Waals surface area contributed by atoms with Gasteiger partial charge in [-0.25, -0.2) is 0 Å². The zero-order chi connectivity index (χ0) is 27.4. The van der Waals surface area contributed by atoms with Crippen LogP contribution in [0.25, 0.3) is 10.8 Å². The summed E-state index contributed by atoms with van der Waals surface area (Å²) in [4.78, 5) is 19.2. The first kappa shape index (κ1) is 26.4. The lowest BCUT2D eigenvalue weighted by Crippen LogP contribution is -2.36. The second-order valence-electron chi connectivity index (χ2n) is 9.40. The number of amides is 1. The lowest BCUT2D eigenvalue weighted by molar-refractivity contribution is -0.138. The standard InChI is InChI=1S/C31H26F3N3O2/c1-21-6-7-23(16-22(21)8-9-25-19-35-18-24-4-2-3-5-28(24)25)30(38)36-27-11-10-26(29(17-27)31(32,33)34)20-37-12-14-39-15-13-37/h2-7,10-11,16-19H,12-15,20H2,1H3,(H,36,38). The molecule has 0 spiro atoms. The first-order chi connectivity index (χ1) is 18.8. The summed E-state index contributed by atoms with van der Waals surface area (Å²) in [5.74, 6) is 5.75. The maximum absolute atomic E-state index is 13.9. The number of carbonyl (C=O) groups excluding carboxylic acids is 1. The molecule has 1 N–H and O–H groups in total. The Morgan fingerprint density at radius 1 is 1.00 bits per heavy atom. The Morgan fingerprint density at radius 2 is 1.77 bits per heavy atom. The molecule has 1 amide bonds. The van der Waals surface area contributed by atoms with Crippen LogP contribution in [0, 0.1) is 18.8 Å². The molecule has 39 heavy (non-hydrogen) atoms. The molecule has 5 rings (SSSR count). The second-order valence-corrected chi connectivity index (χ2v) is 9.40. The fourth-order valence-corrected chi connectivity index (χ4v) is 4.51. The first-order valence-corrected chi connectivity index (χ1v) is 12.5. The molecule has 4 aromatic rings. The Balaban J connectivity index is 1.37. The predicted molar refractivity (Wildman–Crippen MR) is 144 cm³/mol. The van der Waals surface area contributed by atoms with E-state index in [1.54, 1.807) is 30.6 Å². The molecule has 198 valence electrons. The van der Waals surface area contributed by atoms with Gasteiger partial charge in [-0.05, 0) is 42.3 Å². The van der Waals surface area contributed by atoms with Gasteiger partial charge in [-0.2, -0.15) is 13.2 Å². The topological polar surface area (TPSA) is 54.5 Å². The van der Waals surface area contributed by atoms with Crippen LogP contribution in [0.3, 0.4) is 0 Å². The molecular formula is C31H26F3N3O2. The fraction of sp³-hybridized carbons (Fsp3) is 0.226. The minimum absolute atomic E-state index is 0.0769. The number of aromatic nitrogens is 1. The van der Waals surface area contributed by atoms with Gasteiger partial charge in [0.2, 0.25) is 0 Å². The van der Waals surface area contributed by atoms with Crippen LogP contribution < -0.4 is 5.32 Å². The highest BCUT2D eigenvalue weighted by Crippen LogP contribution is 2.34. The molecule has 0 radical (unpaired) electrons. The molecule has 1 aromatic heterocycles. The summed E-state index contributed by atoms with van der Waals surface area (Å²) >= 11 is 0. The normalized spacial score (nSPS) is 14.1. The van der Waals surface area contributed by atoms with Crippen molar-refractivity contribution in [2.24, 2.45) is 0 Å². The van der Waals surface area contributed by atoms with Gasteiger partial charge in [0.15, 0.2) is 0 Å². The Morgan fingerprint density at radius 3 is 2.56 bits per heavy atom. The summed E-state index contributed by atoms with van der Waals surface area (Å²) in [5.41, 5.74) is 2.06. The number of fused-ring (bicyclic) bond motifs is 1. The highest BCUT2D eigenvalue weighted by Gasteiger charge is 2.34. The van der Waals surface area contributed by atoms with E-state index in [1.165, 1.54) is 12.1 Å². The van der Waals surface area contributed by atoms with Crippen molar-refractivity contribution < 1.29 is 22.7 Å². The summed E-state index contributed by atoms with van der Waals surface area (Å²) < 4.78 is 46.9. The van der Waals surface area contributed by atoms with Crippen molar-refractivity contribution in [1.82, 2.24) is 9.88 Å². The van der Waals surface area contributed by atoms with Gasteiger partial charge >= 0.3 is 6.18 Å². The first-order valence-electron chi connectivity index (χ1n) is 12.5. The molecule has 0 saturated carbocycles. The number of hydrogen-bond donors (Lipinski definition) is 1. The molecule has 0 unspecified atom stereocenters. The van der Waals surface area contributed by atoms with E-state index in [0.29, 0.717) is 37.4 Å². The number of pyridine rings is 1. The molecule has 1 aliphatic heterocycles. The van der Waals surface area contributed by atoms with Crippen LogP contribution in [0.5, 0.6) is 0 Å². The van der Waals surface area contributed by atoms with Crippen LogP contribution in [0.15, 0.2) is 73.1 Å². The van der Waals surface area contributed by atoms with E-state index in [-0.39, 0.29) is 17.8 Å².